The largest absolute Gasteiger partial charge is 0.256 e. The van der Waals surface area contributed by atoms with Crippen LogP contribution in [-0.4, -0.2) is 20.7 Å². The maximum absolute atomic E-state index is 12.9. The minimum Gasteiger partial charge on any atom is -0.256 e. The SMILES string of the molecule is Cc1cccc(Cl)c1S(=O)(=O)NCC1=NN(c2ccc(Cl)cc2Cl)[C@@H](c2ccc(Cl)cc2)C1. The van der Waals surface area contributed by atoms with Crippen LogP contribution in [0.5, 0.6) is 0 Å². The van der Waals surface area contributed by atoms with Crippen molar-refractivity contribution < 1.29 is 8.42 Å². The lowest BCUT2D eigenvalue weighted by Crippen LogP contribution is -2.30. The maximum Gasteiger partial charge on any atom is 0.242 e. The van der Waals surface area contributed by atoms with E-state index in [-0.39, 0.29) is 22.5 Å². The average Bonchev–Trinajstić information content (AvgIpc) is 3.17. The van der Waals surface area contributed by atoms with Crippen molar-refractivity contribution in [3.8, 4) is 0 Å². The van der Waals surface area contributed by atoms with Crippen molar-refractivity contribution in [1.82, 2.24) is 4.72 Å². The number of rotatable bonds is 6. The number of hydrogen-bond donors (Lipinski definition) is 1. The van der Waals surface area contributed by atoms with E-state index in [9.17, 15) is 8.42 Å². The summed E-state index contributed by atoms with van der Waals surface area (Å²) in [5.41, 5.74) is 2.85. The van der Waals surface area contributed by atoms with Gasteiger partial charge >= 0.3 is 0 Å². The third-order valence-corrected chi connectivity index (χ3v) is 8.10. The molecule has 5 nitrogen and oxygen atoms in total. The normalized spacial score (nSPS) is 16.2. The summed E-state index contributed by atoms with van der Waals surface area (Å²) in [6, 6.07) is 17.4. The number of halogens is 4. The van der Waals surface area contributed by atoms with Crippen LogP contribution >= 0.6 is 46.4 Å². The number of nitrogens with one attached hydrogen (secondary N) is 1. The lowest BCUT2D eigenvalue weighted by Gasteiger charge is -2.25. The second-order valence-corrected chi connectivity index (χ2v) is 11.0. The summed E-state index contributed by atoms with van der Waals surface area (Å²) in [6.07, 6.45) is 0.491. The van der Waals surface area contributed by atoms with E-state index in [2.05, 4.69) is 4.72 Å². The van der Waals surface area contributed by atoms with Crippen LogP contribution in [0.25, 0.3) is 0 Å². The molecule has 0 amide bonds. The Hall–Kier alpha value is -1.80. The van der Waals surface area contributed by atoms with E-state index in [0.717, 1.165) is 5.56 Å². The van der Waals surface area contributed by atoms with E-state index in [0.29, 0.717) is 38.5 Å². The van der Waals surface area contributed by atoms with Gasteiger partial charge in [-0.1, -0.05) is 70.7 Å². The number of benzene rings is 3. The molecule has 0 radical (unpaired) electrons. The Kier molecular flexibility index (Phi) is 7.24. The first kappa shape index (κ1) is 24.3. The Bertz CT molecular complexity index is 1310. The summed E-state index contributed by atoms with van der Waals surface area (Å²) >= 11 is 24.7. The summed E-state index contributed by atoms with van der Waals surface area (Å²) in [5.74, 6) is 0. The molecular formula is C23H19Cl4N3O2S. The van der Waals surface area contributed by atoms with Crippen LogP contribution in [0.4, 0.5) is 5.69 Å². The fraction of sp³-hybridized carbons (Fsp3) is 0.174. The van der Waals surface area contributed by atoms with Gasteiger partial charge in [0, 0.05) is 16.5 Å². The lowest BCUT2D eigenvalue weighted by molar-refractivity contribution is 0.585. The third kappa shape index (κ3) is 5.32. The molecule has 0 bridgehead atoms. The number of sulfonamides is 1. The predicted octanol–water partition coefficient (Wildman–Crippen LogP) is 6.89. The van der Waals surface area contributed by atoms with Crippen molar-refractivity contribution in [1.29, 1.82) is 0 Å². The molecule has 1 aliphatic heterocycles. The first-order valence-electron chi connectivity index (χ1n) is 9.96. The van der Waals surface area contributed by atoms with E-state index < -0.39 is 10.0 Å². The van der Waals surface area contributed by atoms with E-state index in [4.69, 9.17) is 51.5 Å². The van der Waals surface area contributed by atoms with Gasteiger partial charge in [0.1, 0.15) is 4.90 Å². The standard InChI is InChI=1S/C23H19Cl4N3O2S/c1-14-3-2-4-19(26)23(14)33(31,32)28-13-18-12-22(15-5-7-16(24)8-6-15)30(29-18)21-10-9-17(25)11-20(21)27/h2-11,22,28H,12-13H2,1H3/t22-/m1/s1. The van der Waals surface area contributed by atoms with E-state index in [1.165, 1.54) is 0 Å². The number of nitrogens with zero attached hydrogens (tertiary/aromatic N) is 2. The summed E-state index contributed by atoms with van der Waals surface area (Å²) in [5, 5.41) is 8.23. The van der Waals surface area contributed by atoms with Gasteiger partial charge in [-0.2, -0.15) is 5.10 Å². The molecule has 1 N–H and O–H groups in total. The van der Waals surface area contributed by atoms with Gasteiger partial charge in [0.25, 0.3) is 0 Å². The van der Waals surface area contributed by atoms with Crippen LogP contribution in [0.2, 0.25) is 20.1 Å². The second kappa shape index (κ2) is 9.82. The molecule has 1 heterocycles. The highest BCUT2D eigenvalue weighted by Gasteiger charge is 2.31. The molecule has 0 fully saturated rings. The highest BCUT2D eigenvalue weighted by atomic mass is 35.5. The number of hydrazone groups is 1. The molecule has 1 atom stereocenters. The van der Waals surface area contributed by atoms with Gasteiger partial charge in [-0.25, -0.2) is 13.1 Å². The van der Waals surface area contributed by atoms with Gasteiger partial charge in [0.15, 0.2) is 0 Å². The van der Waals surface area contributed by atoms with Crippen molar-refractivity contribution in [2.75, 3.05) is 11.6 Å². The molecule has 172 valence electrons. The molecule has 1 aliphatic rings. The van der Waals surface area contributed by atoms with Crippen LogP contribution < -0.4 is 9.73 Å². The van der Waals surface area contributed by atoms with Crippen LogP contribution in [-0.2, 0) is 10.0 Å². The minimum atomic E-state index is -3.83. The molecule has 0 unspecified atom stereocenters. The van der Waals surface area contributed by atoms with E-state index in [1.54, 1.807) is 60.5 Å². The van der Waals surface area contributed by atoms with Crippen LogP contribution in [0, 0.1) is 6.92 Å². The van der Waals surface area contributed by atoms with Crippen LogP contribution in [0.3, 0.4) is 0 Å². The zero-order valence-electron chi connectivity index (χ0n) is 17.4. The van der Waals surface area contributed by atoms with Gasteiger partial charge in [-0.05, 0) is 54.4 Å². The quantitative estimate of drug-likeness (QED) is 0.368. The van der Waals surface area contributed by atoms with Gasteiger partial charge in [0.2, 0.25) is 10.0 Å². The number of anilines is 1. The first-order valence-corrected chi connectivity index (χ1v) is 13.0. The Balaban J connectivity index is 1.64. The maximum atomic E-state index is 12.9. The van der Waals surface area contributed by atoms with Crippen molar-refractivity contribution in [2.24, 2.45) is 5.10 Å². The fourth-order valence-electron chi connectivity index (χ4n) is 3.72. The van der Waals surface area contributed by atoms with Crippen molar-refractivity contribution in [2.45, 2.75) is 24.3 Å². The zero-order chi connectivity index (χ0) is 23.8. The van der Waals surface area contributed by atoms with Crippen LogP contribution in [0.1, 0.15) is 23.6 Å². The van der Waals surface area contributed by atoms with Gasteiger partial charge in [-0.3, -0.25) is 5.01 Å². The van der Waals surface area contributed by atoms with Gasteiger partial charge in [0.05, 0.1) is 34.0 Å². The Labute approximate surface area is 213 Å². The molecule has 4 rings (SSSR count). The van der Waals surface area contributed by atoms with E-state index in [1.807, 2.05) is 12.1 Å². The predicted molar refractivity (Wildman–Crippen MR) is 137 cm³/mol. The molecule has 3 aromatic carbocycles. The Morgan fingerprint density at radius 3 is 2.33 bits per heavy atom. The fourth-order valence-corrected chi connectivity index (χ4v) is 6.19. The summed E-state index contributed by atoms with van der Waals surface area (Å²) < 4.78 is 28.5. The molecule has 0 aromatic heterocycles. The second-order valence-electron chi connectivity index (χ2n) is 7.59. The summed E-state index contributed by atoms with van der Waals surface area (Å²) in [7, 11) is -3.83. The van der Waals surface area contributed by atoms with Crippen molar-refractivity contribution in [3.05, 3.63) is 91.9 Å². The van der Waals surface area contributed by atoms with Gasteiger partial charge < -0.3 is 0 Å². The Morgan fingerprint density at radius 1 is 0.970 bits per heavy atom. The highest BCUT2D eigenvalue weighted by molar-refractivity contribution is 7.89. The highest BCUT2D eigenvalue weighted by Crippen LogP contribution is 2.39. The molecule has 0 aliphatic carbocycles. The Morgan fingerprint density at radius 2 is 1.67 bits per heavy atom. The number of aryl methyl sites for hydroxylation is 1. The molecule has 0 saturated carbocycles. The summed E-state index contributed by atoms with van der Waals surface area (Å²) in [4.78, 5) is 0.0668. The van der Waals surface area contributed by atoms with Gasteiger partial charge in [-0.15, -0.1) is 0 Å². The average molecular weight is 543 g/mol. The summed E-state index contributed by atoms with van der Waals surface area (Å²) in [6.45, 7) is 1.73. The molecular weight excluding hydrogens is 524 g/mol. The zero-order valence-corrected chi connectivity index (χ0v) is 21.2. The van der Waals surface area contributed by atoms with E-state index >= 15 is 0 Å². The molecule has 0 saturated heterocycles. The molecule has 3 aromatic rings. The van der Waals surface area contributed by atoms with Crippen molar-refractivity contribution >= 4 is 67.8 Å². The van der Waals surface area contributed by atoms with Crippen molar-refractivity contribution in [3.63, 3.8) is 0 Å². The minimum absolute atomic E-state index is 0.0266. The first-order chi connectivity index (χ1) is 15.7. The molecule has 0 spiro atoms. The topological polar surface area (TPSA) is 61.8 Å². The smallest absolute Gasteiger partial charge is 0.242 e. The lowest BCUT2D eigenvalue weighted by atomic mass is 10.0. The van der Waals surface area contributed by atoms with Crippen LogP contribution in [0.15, 0.2) is 70.7 Å². The molecule has 10 heteroatoms. The third-order valence-electron chi connectivity index (χ3n) is 5.28. The number of hydrogen-bond acceptors (Lipinski definition) is 4. The molecule has 33 heavy (non-hydrogen) atoms. The monoisotopic (exact) mass is 541 g/mol.